The van der Waals surface area contributed by atoms with Gasteiger partial charge in [0.25, 0.3) is 0 Å². The average molecular weight is 238 g/mol. The molecule has 0 fully saturated rings. The molecule has 2 unspecified atom stereocenters. The smallest absolute Gasteiger partial charge is 0.320 e. The minimum atomic E-state index is -0.352. The highest BCUT2D eigenvalue weighted by Crippen LogP contribution is 2.04. The van der Waals surface area contributed by atoms with Crippen LogP contribution in [0.15, 0.2) is 18.3 Å². The largest absolute Gasteiger partial charge is 0.393 e. The molecule has 6 heteroatoms. The van der Waals surface area contributed by atoms with E-state index in [0.717, 1.165) is 0 Å². The molecule has 1 aromatic heterocycles. The van der Waals surface area contributed by atoms with Crippen molar-refractivity contribution in [1.82, 2.24) is 15.5 Å². The van der Waals surface area contributed by atoms with Gasteiger partial charge in [0.2, 0.25) is 0 Å². The van der Waals surface area contributed by atoms with Crippen molar-refractivity contribution in [2.24, 2.45) is 5.92 Å². The number of amides is 2. The Labute approximate surface area is 100 Å². The summed E-state index contributed by atoms with van der Waals surface area (Å²) < 4.78 is 0. The molecule has 0 aromatic carbocycles. The second-order valence-corrected chi connectivity index (χ2v) is 4.13. The van der Waals surface area contributed by atoms with Crippen molar-refractivity contribution in [2.45, 2.75) is 26.4 Å². The van der Waals surface area contributed by atoms with Gasteiger partial charge in [0, 0.05) is 12.7 Å². The van der Waals surface area contributed by atoms with E-state index in [0.29, 0.717) is 18.8 Å². The molecule has 0 saturated heterocycles. The summed E-state index contributed by atoms with van der Waals surface area (Å²) in [6.45, 7) is 4.21. The number of carbonyl (C=O) groups excluding carboxylic acids is 1. The van der Waals surface area contributed by atoms with Crippen LogP contribution in [0.4, 0.5) is 10.6 Å². The van der Waals surface area contributed by atoms with E-state index >= 15 is 0 Å². The van der Waals surface area contributed by atoms with Crippen molar-refractivity contribution in [3.05, 3.63) is 18.3 Å². The first-order valence-electron chi connectivity index (χ1n) is 5.58. The second kappa shape index (κ2) is 6.80. The summed E-state index contributed by atoms with van der Waals surface area (Å²) in [4.78, 5) is 11.5. The lowest BCUT2D eigenvalue weighted by Gasteiger charge is -2.14. The van der Waals surface area contributed by atoms with E-state index in [1.807, 2.05) is 6.92 Å². The molecular formula is C11H18N4O2. The average Bonchev–Trinajstić information content (AvgIpc) is 2.27. The summed E-state index contributed by atoms with van der Waals surface area (Å²) in [6, 6.07) is 3.03. The molecule has 0 bridgehead atoms. The van der Waals surface area contributed by atoms with Gasteiger partial charge in [-0.2, -0.15) is 5.10 Å². The van der Waals surface area contributed by atoms with Gasteiger partial charge in [-0.25, -0.2) is 4.79 Å². The second-order valence-electron chi connectivity index (χ2n) is 4.13. The number of anilines is 1. The van der Waals surface area contributed by atoms with Crippen LogP contribution in [0.1, 0.15) is 20.3 Å². The SMILES string of the molecule is CC(O)CC(C)CNC(=O)Nc1cccnn1. The van der Waals surface area contributed by atoms with Crippen LogP contribution in [0.5, 0.6) is 0 Å². The molecule has 0 saturated carbocycles. The first-order chi connectivity index (χ1) is 8.08. The van der Waals surface area contributed by atoms with Crippen LogP contribution in [-0.4, -0.2) is 34.0 Å². The van der Waals surface area contributed by atoms with Gasteiger partial charge >= 0.3 is 6.03 Å². The molecule has 94 valence electrons. The van der Waals surface area contributed by atoms with Gasteiger partial charge in [-0.05, 0) is 31.4 Å². The lowest BCUT2D eigenvalue weighted by atomic mass is 10.1. The monoisotopic (exact) mass is 238 g/mol. The first kappa shape index (κ1) is 13.4. The van der Waals surface area contributed by atoms with E-state index in [1.54, 1.807) is 19.1 Å². The number of hydrogen-bond acceptors (Lipinski definition) is 4. The van der Waals surface area contributed by atoms with Crippen LogP contribution in [0.3, 0.4) is 0 Å². The molecule has 2 atom stereocenters. The fraction of sp³-hybridized carbons (Fsp3) is 0.545. The molecule has 6 nitrogen and oxygen atoms in total. The summed E-state index contributed by atoms with van der Waals surface area (Å²) in [7, 11) is 0. The minimum Gasteiger partial charge on any atom is -0.393 e. The Morgan fingerprint density at radius 1 is 1.53 bits per heavy atom. The summed E-state index contributed by atoms with van der Waals surface area (Å²) in [6.07, 6.45) is 1.84. The Kier molecular flexibility index (Phi) is 5.35. The lowest BCUT2D eigenvalue weighted by Crippen LogP contribution is -2.33. The van der Waals surface area contributed by atoms with Gasteiger partial charge in [0.05, 0.1) is 6.10 Å². The van der Waals surface area contributed by atoms with E-state index in [-0.39, 0.29) is 18.1 Å². The maximum absolute atomic E-state index is 11.5. The first-order valence-corrected chi connectivity index (χ1v) is 5.58. The Bertz CT molecular complexity index is 343. The molecule has 0 spiro atoms. The third kappa shape index (κ3) is 5.82. The molecule has 3 N–H and O–H groups in total. The third-order valence-corrected chi connectivity index (χ3v) is 2.17. The van der Waals surface area contributed by atoms with Crippen LogP contribution in [0.2, 0.25) is 0 Å². The summed E-state index contributed by atoms with van der Waals surface area (Å²) in [5, 5.41) is 21.8. The predicted molar refractivity (Wildman–Crippen MR) is 64.5 cm³/mol. The molecule has 0 aliphatic carbocycles. The quantitative estimate of drug-likeness (QED) is 0.714. The van der Waals surface area contributed by atoms with Crippen molar-refractivity contribution in [2.75, 3.05) is 11.9 Å². The van der Waals surface area contributed by atoms with E-state index in [2.05, 4.69) is 20.8 Å². The highest BCUT2D eigenvalue weighted by Gasteiger charge is 2.08. The zero-order valence-corrected chi connectivity index (χ0v) is 10.1. The summed E-state index contributed by atoms with van der Waals surface area (Å²) in [5.74, 6) is 0.635. The highest BCUT2D eigenvalue weighted by molar-refractivity contribution is 5.87. The maximum Gasteiger partial charge on any atom is 0.320 e. The number of nitrogens with zero attached hydrogens (tertiary/aromatic N) is 2. The number of nitrogens with one attached hydrogen (secondary N) is 2. The number of hydrogen-bond donors (Lipinski definition) is 3. The van der Waals surface area contributed by atoms with E-state index < -0.39 is 0 Å². The molecule has 1 aromatic rings. The minimum absolute atomic E-state index is 0.225. The zero-order valence-electron chi connectivity index (χ0n) is 10.1. The predicted octanol–water partition coefficient (Wildman–Crippen LogP) is 1.01. The number of urea groups is 1. The summed E-state index contributed by atoms with van der Waals surface area (Å²) in [5.41, 5.74) is 0. The van der Waals surface area contributed by atoms with E-state index in [1.165, 1.54) is 6.20 Å². The number of aliphatic hydroxyl groups excluding tert-OH is 1. The standard InChI is InChI=1S/C11H18N4O2/c1-8(6-9(2)16)7-12-11(17)14-10-4-3-5-13-15-10/h3-5,8-9,16H,6-7H2,1-2H3,(H2,12,14,15,17). The normalized spacial score (nSPS) is 13.8. The fourth-order valence-electron chi connectivity index (χ4n) is 1.46. The van der Waals surface area contributed by atoms with Crippen LogP contribution >= 0.6 is 0 Å². The molecule has 0 aliphatic rings. The van der Waals surface area contributed by atoms with Gasteiger partial charge in [-0.3, -0.25) is 5.32 Å². The Morgan fingerprint density at radius 2 is 2.29 bits per heavy atom. The van der Waals surface area contributed by atoms with Gasteiger partial charge in [0.15, 0.2) is 5.82 Å². The Balaban J connectivity index is 2.26. The third-order valence-electron chi connectivity index (χ3n) is 2.17. The zero-order chi connectivity index (χ0) is 12.7. The van der Waals surface area contributed by atoms with Crippen LogP contribution in [-0.2, 0) is 0 Å². The maximum atomic E-state index is 11.5. The topological polar surface area (TPSA) is 87.1 Å². The Morgan fingerprint density at radius 3 is 2.88 bits per heavy atom. The molecule has 0 aliphatic heterocycles. The number of aromatic nitrogens is 2. The van der Waals surface area contributed by atoms with Gasteiger partial charge < -0.3 is 10.4 Å². The van der Waals surface area contributed by atoms with Crippen molar-refractivity contribution in [3.63, 3.8) is 0 Å². The molecule has 2 amide bonds. The van der Waals surface area contributed by atoms with Crippen LogP contribution < -0.4 is 10.6 Å². The van der Waals surface area contributed by atoms with Crippen molar-refractivity contribution in [3.8, 4) is 0 Å². The van der Waals surface area contributed by atoms with Crippen LogP contribution in [0.25, 0.3) is 0 Å². The number of carbonyl (C=O) groups is 1. The molecule has 1 heterocycles. The van der Waals surface area contributed by atoms with Crippen molar-refractivity contribution >= 4 is 11.8 Å². The molecular weight excluding hydrogens is 220 g/mol. The summed E-state index contributed by atoms with van der Waals surface area (Å²) >= 11 is 0. The highest BCUT2D eigenvalue weighted by atomic mass is 16.3. The lowest BCUT2D eigenvalue weighted by molar-refractivity contribution is 0.163. The number of aliphatic hydroxyl groups is 1. The molecule has 17 heavy (non-hydrogen) atoms. The number of rotatable bonds is 5. The fourth-order valence-corrected chi connectivity index (χ4v) is 1.46. The van der Waals surface area contributed by atoms with Gasteiger partial charge in [-0.1, -0.05) is 6.92 Å². The van der Waals surface area contributed by atoms with Gasteiger partial charge in [0.1, 0.15) is 0 Å². The Hall–Kier alpha value is -1.69. The van der Waals surface area contributed by atoms with Crippen molar-refractivity contribution in [1.29, 1.82) is 0 Å². The van der Waals surface area contributed by atoms with E-state index in [4.69, 9.17) is 0 Å². The van der Waals surface area contributed by atoms with Crippen LogP contribution in [0, 0.1) is 5.92 Å². The molecule has 1 rings (SSSR count). The van der Waals surface area contributed by atoms with E-state index in [9.17, 15) is 9.90 Å². The molecule has 0 radical (unpaired) electrons. The van der Waals surface area contributed by atoms with Gasteiger partial charge in [-0.15, -0.1) is 5.10 Å². The van der Waals surface area contributed by atoms with Crippen molar-refractivity contribution < 1.29 is 9.90 Å².